The Hall–Kier alpha value is -1.21. The number of carbonyl (C=O) groups is 1. The van der Waals surface area contributed by atoms with E-state index in [-0.39, 0.29) is 18.9 Å². The van der Waals surface area contributed by atoms with E-state index in [9.17, 15) is 61.0 Å². The monoisotopic (exact) mass is 1170 g/mol. The number of amides is 1. The van der Waals surface area contributed by atoms with Gasteiger partial charge < -0.3 is 89.9 Å². The van der Waals surface area contributed by atoms with Crippen molar-refractivity contribution in [2.24, 2.45) is 0 Å². The van der Waals surface area contributed by atoms with Crippen molar-refractivity contribution < 1.29 is 89.4 Å². The lowest BCUT2D eigenvalue weighted by molar-refractivity contribution is -0.379. The Morgan fingerprint density at radius 1 is 0.395 bits per heavy atom. The van der Waals surface area contributed by atoms with Gasteiger partial charge in [-0.15, -0.1) is 0 Å². The minimum Gasteiger partial charge on any atom is -0.394 e. The largest absolute Gasteiger partial charge is 0.394 e. The van der Waals surface area contributed by atoms with E-state index in [1.54, 1.807) is 0 Å². The zero-order chi connectivity index (χ0) is 59.0. The molecule has 1 amide bonds. The molecule has 0 saturated carbocycles. The van der Waals surface area contributed by atoms with E-state index < -0.39 is 124 Å². The van der Waals surface area contributed by atoms with Gasteiger partial charge in [0.2, 0.25) is 5.91 Å². The highest BCUT2D eigenvalue weighted by molar-refractivity contribution is 5.76. The molecule has 480 valence electrons. The summed E-state index contributed by atoms with van der Waals surface area (Å²) in [5.74, 6) is -0.239. The summed E-state index contributed by atoms with van der Waals surface area (Å²) in [6.45, 7) is 1.80. The van der Waals surface area contributed by atoms with E-state index in [1.807, 2.05) is 0 Å². The number of nitrogens with one attached hydrogen (secondary N) is 1. The van der Waals surface area contributed by atoms with Crippen molar-refractivity contribution in [2.45, 2.75) is 362 Å². The third-order valence-electron chi connectivity index (χ3n) is 16.9. The summed E-state index contributed by atoms with van der Waals surface area (Å²) in [5, 5.41) is 120. The molecule has 19 nitrogen and oxygen atoms in total. The molecule has 0 aromatic carbocycles. The fourth-order valence-corrected chi connectivity index (χ4v) is 11.6. The molecule has 3 fully saturated rings. The summed E-state index contributed by atoms with van der Waals surface area (Å²) in [7, 11) is 0. The molecule has 3 saturated heterocycles. The van der Waals surface area contributed by atoms with Crippen molar-refractivity contribution in [3.05, 3.63) is 0 Å². The van der Waals surface area contributed by atoms with E-state index in [2.05, 4.69) is 19.2 Å². The van der Waals surface area contributed by atoms with Gasteiger partial charge in [-0.25, -0.2) is 0 Å². The molecule has 0 aliphatic carbocycles. The Morgan fingerprint density at radius 2 is 0.704 bits per heavy atom. The number of aliphatic hydroxyl groups excluding tert-OH is 11. The number of aliphatic hydroxyl groups is 11. The van der Waals surface area contributed by atoms with Crippen LogP contribution in [0.5, 0.6) is 0 Å². The second kappa shape index (κ2) is 46.0. The van der Waals surface area contributed by atoms with Gasteiger partial charge in [0.1, 0.15) is 73.2 Å². The number of ether oxygens (including phenoxy) is 6. The van der Waals surface area contributed by atoms with Gasteiger partial charge in [0, 0.05) is 6.42 Å². The van der Waals surface area contributed by atoms with E-state index in [0.717, 1.165) is 44.9 Å². The molecule has 3 aliphatic heterocycles. The normalized spacial score (nSPS) is 29.7. The van der Waals surface area contributed by atoms with Crippen LogP contribution >= 0.6 is 0 Å². The molecule has 17 atom stereocenters. The van der Waals surface area contributed by atoms with E-state index in [1.165, 1.54) is 180 Å². The first kappa shape index (κ1) is 74.0. The van der Waals surface area contributed by atoms with Crippen LogP contribution in [0, 0.1) is 0 Å². The maximum absolute atomic E-state index is 13.3. The van der Waals surface area contributed by atoms with Gasteiger partial charge in [-0.1, -0.05) is 239 Å². The molecule has 3 heterocycles. The minimum absolute atomic E-state index is 0.239. The average molecular weight is 1170 g/mol. The molecule has 0 aromatic rings. The van der Waals surface area contributed by atoms with Crippen LogP contribution in [0.4, 0.5) is 0 Å². The van der Waals surface area contributed by atoms with E-state index in [4.69, 9.17) is 28.4 Å². The fourth-order valence-electron chi connectivity index (χ4n) is 11.6. The standard InChI is InChI=1S/C62H119NO18/c1-3-5-7-9-11-13-15-16-17-18-19-20-21-22-23-24-25-26-27-28-29-30-32-34-36-38-40-50(68)63-45(46(67)39-37-35-33-31-14-12-10-8-6-4-2)44-76-60-56(74)53(71)58(48(42-65)78-60)81-62-57(75)54(72)59(49(43-66)79-62)80-61-55(73)52(70)51(69)47(41-64)77-61/h45-49,51-62,64-67,69-75H,3-44H2,1-2H3,(H,63,68). The van der Waals surface area contributed by atoms with Crippen LogP contribution in [0.3, 0.4) is 0 Å². The van der Waals surface area contributed by atoms with Crippen LogP contribution in [0.15, 0.2) is 0 Å². The molecule has 0 spiro atoms. The third-order valence-corrected chi connectivity index (χ3v) is 16.9. The molecule has 0 radical (unpaired) electrons. The van der Waals surface area contributed by atoms with Gasteiger partial charge >= 0.3 is 0 Å². The van der Waals surface area contributed by atoms with E-state index >= 15 is 0 Å². The molecule has 3 aliphatic rings. The highest BCUT2D eigenvalue weighted by Crippen LogP contribution is 2.33. The van der Waals surface area contributed by atoms with Crippen LogP contribution in [-0.4, -0.2) is 193 Å². The molecule has 81 heavy (non-hydrogen) atoms. The van der Waals surface area contributed by atoms with Crippen LogP contribution in [-0.2, 0) is 33.2 Å². The fraction of sp³-hybridized carbons (Fsp3) is 0.984. The molecule has 19 heteroatoms. The lowest BCUT2D eigenvalue weighted by Crippen LogP contribution is -2.66. The van der Waals surface area contributed by atoms with Crippen LogP contribution in [0.2, 0.25) is 0 Å². The Morgan fingerprint density at radius 3 is 1.07 bits per heavy atom. The minimum atomic E-state index is -1.97. The molecule has 3 rings (SSSR count). The second-order valence-corrected chi connectivity index (χ2v) is 23.9. The molecular formula is C62H119NO18. The third kappa shape index (κ3) is 29.4. The summed E-state index contributed by atoms with van der Waals surface area (Å²) in [4.78, 5) is 13.3. The maximum Gasteiger partial charge on any atom is 0.220 e. The molecule has 17 unspecified atom stereocenters. The van der Waals surface area contributed by atoms with Crippen molar-refractivity contribution in [3.8, 4) is 0 Å². The summed E-state index contributed by atoms with van der Waals surface area (Å²) >= 11 is 0. The van der Waals surface area contributed by atoms with Gasteiger partial charge in [0.25, 0.3) is 0 Å². The van der Waals surface area contributed by atoms with Gasteiger partial charge in [0.15, 0.2) is 18.9 Å². The first-order chi connectivity index (χ1) is 39.3. The van der Waals surface area contributed by atoms with Crippen LogP contribution in [0.1, 0.15) is 258 Å². The predicted molar refractivity (Wildman–Crippen MR) is 310 cm³/mol. The summed E-state index contributed by atoms with van der Waals surface area (Å²) in [6.07, 6.45) is 19.3. The van der Waals surface area contributed by atoms with Crippen molar-refractivity contribution in [3.63, 3.8) is 0 Å². The Bertz CT molecular complexity index is 1490. The first-order valence-corrected chi connectivity index (χ1v) is 32.8. The Kier molecular flexibility index (Phi) is 42.1. The number of carbonyl (C=O) groups excluding carboxylic acids is 1. The quantitative estimate of drug-likeness (QED) is 0.0269. The highest BCUT2D eigenvalue weighted by atomic mass is 16.8. The number of hydrogen-bond donors (Lipinski definition) is 12. The molecule has 0 aromatic heterocycles. The van der Waals surface area contributed by atoms with Crippen molar-refractivity contribution in [2.75, 3.05) is 26.4 Å². The average Bonchev–Trinajstić information content (AvgIpc) is 3.55. The van der Waals surface area contributed by atoms with Gasteiger partial charge in [-0.3, -0.25) is 4.79 Å². The van der Waals surface area contributed by atoms with Crippen molar-refractivity contribution in [1.29, 1.82) is 0 Å². The lowest BCUT2D eigenvalue weighted by Gasteiger charge is -2.48. The highest BCUT2D eigenvalue weighted by Gasteiger charge is 2.53. The predicted octanol–water partition coefficient (Wildman–Crippen LogP) is 7.16. The topological polar surface area (TPSA) is 307 Å². The summed E-state index contributed by atoms with van der Waals surface area (Å²) < 4.78 is 34.3. The van der Waals surface area contributed by atoms with Gasteiger partial charge in [0.05, 0.1) is 38.6 Å². The number of rotatable bonds is 50. The molecule has 0 bridgehead atoms. The van der Waals surface area contributed by atoms with Crippen molar-refractivity contribution >= 4 is 5.91 Å². The summed E-state index contributed by atoms with van der Waals surface area (Å²) in [5.41, 5.74) is 0. The smallest absolute Gasteiger partial charge is 0.220 e. The van der Waals surface area contributed by atoms with Crippen molar-refractivity contribution in [1.82, 2.24) is 5.32 Å². The summed E-state index contributed by atoms with van der Waals surface area (Å²) in [6, 6.07) is -0.879. The first-order valence-electron chi connectivity index (χ1n) is 32.8. The number of hydrogen-bond acceptors (Lipinski definition) is 18. The molecule has 12 N–H and O–H groups in total. The Balaban J connectivity index is 1.39. The van der Waals surface area contributed by atoms with E-state index in [0.29, 0.717) is 12.8 Å². The zero-order valence-corrected chi connectivity index (χ0v) is 50.3. The Labute approximate surface area is 487 Å². The van der Waals surface area contributed by atoms with Crippen LogP contribution in [0.25, 0.3) is 0 Å². The zero-order valence-electron chi connectivity index (χ0n) is 50.3. The molecular weight excluding hydrogens is 1050 g/mol. The number of unbranched alkanes of at least 4 members (excludes halogenated alkanes) is 34. The lowest BCUT2D eigenvalue weighted by atomic mass is 9.96. The van der Waals surface area contributed by atoms with Gasteiger partial charge in [-0.05, 0) is 12.8 Å². The maximum atomic E-state index is 13.3. The van der Waals surface area contributed by atoms with Gasteiger partial charge in [-0.2, -0.15) is 0 Å². The second-order valence-electron chi connectivity index (χ2n) is 23.9. The van der Waals surface area contributed by atoms with Crippen LogP contribution < -0.4 is 5.32 Å². The SMILES string of the molecule is CCCCCCCCCCCCCCCCCCCCCCCCCCCCC(=O)NC(COC1OC(CO)C(OC2OC(CO)C(OC3OC(CO)C(O)C(O)C3O)C(O)C2O)C(O)C1O)C(O)CCCCCCCCCCCC.